The molecular formula is C22H18N2O2. The Labute approximate surface area is 151 Å². The fourth-order valence-electron chi connectivity index (χ4n) is 3.12. The molecule has 0 bridgehead atoms. The fourth-order valence-corrected chi connectivity index (χ4v) is 3.12. The molecule has 1 aliphatic heterocycles. The zero-order chi connectivity index (χ0) is 17.9. The first kappa shape index (κ1) is 16.1. The average molecular weight is 342 g/mol. The Morgan fingerprint density at radius 1 is 0.885 bits per heavy atom. The Bertz CT molecular complexity index is 963. The molecule has 4 nitrogen and oxygen atoms in total. The molecule has 3 aromatic rings. The second kappa shape index (κ2) is 6.84. The predicted octanol–water partition coefficient (Wildman–Crippen LogP) is 3.79. The van der Waals surface area contributed by atoms with E-state index >= 15 is 0 Å². The summed E-state index contributed by atoms with van der Waals surface area (Å²) in [6.45, 7) is 0. The van der Waals surface area contributed by atoms with Crippen molar-refractivity contribution in [2.24, 2.45) is 4.99 Å². The number of anilines is 1. The molecule has 1 aliphatic rings. The Balaban J connectivity index is 1.80. The summed E-state index contributed by atoms with van der Waals surface area (Å²) < 4.78 is 0. The number of hydrogen-bond acceptors (Lipinski definition) is 3. The lowest BCUT2D eigenvalue weighted by Gasteiger charge is -2.11. The van der Waals surface area contributed by atoms with Crippen molar-refractivity contribution in [1.82, 2.24) is 0 Å². The van der Waals surface area contributed by atoms with Crippen LogP contribution >= 0.6 is 0 Å². The minimum atomic E-state index is -0.520. The fraction of sp³-hybridized carbons (Fsp3) is 0.0909. The van der Waals surface area contributed by atoms with Gasteiger partial charge in [-0.25, -0.2) is 0 Å². The summed E-state index contributed by atoms with van der Waals surface area (Å²) in [5.41, 5.74) is 4.30. The molecule has 26 heavy (non-hydrogen) atoms. The van der Waals surface area contributed by atoms with Crippen molar-refractivity contribution in [3.05, 3.63) is 95.6 Å². The van der Waals surface area contributed by atoms with Gasteiger partial charge in [0.1, 0.15) is 11.8 Å². The number of benzodiazepines with no additional fused rings is 1. The highest BCUT2D eigenvalue weighted by Crippen LogP contribution is 2.26. The summed E-state index contributed by atoms with van der Waals surface area (Å²) >= 11 is 0. The number of para-hydroxylation sites is 1. The van der Waals surface area contributed by atoms with Gasteiger partial charge in [-0.2, -0.15) is 0 Å². The number of amides is 1. The first-order valence-electron chi connectivity index (χ1n) is 8.52. The van der Waals surface area contributed by atoms with Crippen LogP contribution in [0.2, 0.25) is 0 Å². The number of nitrogens with one attached hydrogen (secondary N) is 1. The van der Waals surface area contributed by atoms with E-state index in [9.17, 15) is 9.90 Å². The molecule has 0 radical (unpaired) electrons. The van der Waals surface area contributed by atoms with Crippen LogP contribution in [-0.2, 0) is 11.2 Å². The van der Waals surface area contributed by atoms with Crippen LogP contribution in [0.4, 0.5) is 5.69 Å². The Morgan fingerprint density at radius 2 is 1.58 bits per heavy atom. The van der Waals surface area contributed by atoms with Crippen LogP contribution in [-0.4, -0.2) is 22.8 Å². The highest BCUT2D eigenvalue weighted by molar-refractivity contribution is 6.19. The number of fused-ring (bicyclic) bond motifs is 1. The maximum absolute atomic E-state index is 12.8. The second-order valence-corrected chi connectivity index (χ2v) is 6.26. The van der Waals surface area contributed by atoms with Crippen molar-refractivity contribution in [3.63, 3.8) is 0 Å². The molecule has 0 saturated heterocycles. The average Bonchev–Trinajstić information content (AvgIpc) is 2.80. The van der Waals surface area contributed by atoms with E-state index < -0.39 is 6.04 Å². The van der Waals surface area contributed by atoms with Crippen LogP contribution < -0.4 is 5.32 Å². The van der Waals surface area contributed by atoms with Gasteiger partial charge in [-0.15, -0.1) is 0 Å². The monoisotopic (exact) mass is 342 g/mol. The first-order chi connectivity index (χ1) is 12.7. The van der Waals surface area contributed by atoms with Gasteiger partial charge in [0, 0.05) is 17.5 Å². The molecule has 0 aromatic heterocycles. The van der Waals surface area contributed by atoms with Crippen molar-refractivity contribution >= 4 is 17.3 Å². The second-order valence-electron chi connectivity index (χ2n) is 6.26. The third-order valence-corrected chi connectivity index (χ3v) is 4.44. The molecule has 2 N–H and O–H groups in total. The van der Waals surface area contributed by atoms with Crippen LogP contribution in [0.15, 0.2) is 83.9 Å². The molecule has 0 spiro atoms. The van der Waals surface area contributed by atoms with Crippen LogP contribution in [0, 0.1) is 0 Å². The number of phenolic OH excluding ortho intramolecular Hbond substituents is 1. The molecule has 128 valence electrons. The Hall–Kier alpha value is -3.40. The summed E-state index contributed by atoms with van der Waals surface area (Å²) in [5, 5.41) is 12.6. The summed E-state index contributed by atoms with van der Waals surface area (Å²) in [7, 11) is 0. The summed E-state index contributed by atoms with van der Waals surface area (Å²) in [6, 6.07) is 23.9. The van der Waals surface area contributed by atoms with Gasteiger partial charge in [0.2, 0.25) is 5.91 Å². The van der Waals surface area contributed by atoms with Crippen LogP contribution in [0.25, 0.3) is 0 Å². The molecular weight excluding hydrogens is 324 g/mol. The summed E-state index contributed by atoms with van der Waals surface area (Å²) in [6.07, 6.45) is 0.530. The van der Waals surface area contributed by atoms with Crippen LogP contribution in [0.1, 0.15) is 16.7 Å². The SMILES string of the molecule is O=C1Nc2ccccc2C(c2ccc(O)cc2)=NC1Cc1ccccc1. The number of aliphatic imine (C=N–C) groups is 1. The number of nitrogens with zero attached hydrogens (tertiary/aromatic N) is 1. The third-order valence-electron chi connectivity index (χ3n) is 4.44. The van der Waals surface area contributed by atoms with Crippen molar-refractivity contribution in [3.8, 4) is 5.75 Å². The van der Waals surface area contributed by atoms with E-state index in [0.717, 1.165) is 28.1 Å². The quantitative estimate of drug-likeness (QED) is 0.761. The predicted molar refractivity (Wildman–Crippen MR) is 103 cm³/mol. The minimum Gasteiger partial charge on any atom is -0.508 e. The van der Waals surface area contributed by atoms with Gasteiger partial charge in [-0.3, -0.25) is 9.79 Å². The van der Waals surface area contributed by atoms with E-state index in [1.807, 2.05) is 66.7 Å². The lowest BCUT2D eigenvalue weighted by Crippen LogP contribution is -2.27. The van der Waals surface area contributed by atoms with Crippen molar-refractivity contribution < 1.29 is 9.90 Å². The van der Waals surface area contributed by atoms with Crippen molar-refractivity contribution in [2.45, 2.75) is 12.5 Å². The number of benzene rings is 3. The van der Waals surface area contributed by atoms with E-state index in [4.69, 9.17) is 4.99 Å². The molecule has 0 aliphatic carbocycles. The lowest BCUT2D eigenvalue weighted by atomic mass is 10.0. The number of aromatic hydroxyl groups is 1. The summed E-state index contributed by atoms with van der Waals surface area (Å²) in [5.74, 6) is 0.0846. The zero-order valence-corrected chi connectivity index (χ0v) is 14.1. The molecule has 4 rings (SSSR count). The normalized spacial score (nSPS) is 16.2. The van der Waals surface area contributed by atoms with Gasteiger partial charge in [0.15, 0.2) is 0 Å². The van der Waals surface area contributed by atoms with Gasteiger partial charge in [-0.1, -0.05) is 48.5 Å². The van der Waals surface area contributed by atoms with Gasteiger partial charge < -0.3 is 10.4 Å². The molecule has 0 fully saturated rings. The Morgan fingerprint density at radius 3 is 2.35 bits per heavy atom. The number of hydrogen-bond donors (Lipinski definition) is 2. The zero-order valence-electron chi connectivity index (χ0n) is 14.1. The van der Waals surface area contributed by atoms with Crippen LogP contribution in [0.5, 0.6) is 5.75 Å². The van der Waals surface area contributed by atoms with Gasteiger partial charge in [0.05, 0.1) is 11.4 Å². The van der Waals surface area contributed by atoms with Crippen molar-refractivity contribution in [2.75, 3.05) is 5.32 Å². The highest BCUT2D eigenvalue weighted by atomic mass is 16.3. The maximum Gasteiger partial charge on any atom is 0.249 e. The number of carbonyl (C=O) groups is 1. The topological polar surface area (TPSA) is 61.7 Å². The van der Waals surface area contributed by atoms with E-state index in [0.29, 0.717) is 6.42 Å². The summed E-state index contributed by atoms with van der Waals surface area (Å²) in [4.78, 5) is 17.6. The van der Waals surface area contributed by atoms with Gasteiger partial charge >= 0.3 is 0 Å². The molecule has 1 unspecified atom stereocenters. The standard InChI is InChI=1S/C22H18N2O2/c25-17-12-10-16(11-13-17)21-18-8-4-5-9-19(18)24-22(26)20(23-21)14-15-6-2-1-3-7-15/h1-13,20,25H,14H2,(H,24,26). The van der Waals surface area contributed by atoms with E-state index in [1.165, 1.54) is 0 Å². The molecule has 1 heterocycles. The maximum atomic E-state index is 12.8. The minimum absolute atomic E-state index is 0.116. The Kier molecular flexibility index (Phi) is 4.23. The highest BCUT2D eigenvalue weighted by Gasteiger charge is 2.25. The number of rotatable bonds is 3. The van der Waals surface area contributed by atoms with E-state index in [1.54, 1.807) is 12.1 Å². The van der Waals surface area contributed by atoms with Gasteiger partial charge in [0.25, 0.3) is 0 Å². The smallest absolute Gasteiger partial charge is 0.249 e. The largest absolute Gasteiger partial charge is 0.508 e. The lowest BCUT2D eigenvalue weighted by molar-refractivity contribution is -0.117. The number of carbonyl (C=O) groups excluding carboxylic acids is 1. The van der Waals surface area contributed by atoms with Crippen LogP contribution in [0.3, 0.4) is 0 Å². The number of phenols is 1. The molecule has 4 heteroatoms. The van der Waals surface area contributed by atoms with Gasteiger partial charge in [-0.05, 0) is 35.9 Å². The van der Waals surface area contributed by atoms with E-state index in [2.05, 4.69) is 5.32 Å². The molecule has 1 amide bonds. The first-order valence-corrected chi connectivity index (χ1v) is 8.52. The molecule has 0 saturated carbocycles. The molecule has 1 atom stereocenters. The van der Waals surface area contributed by atoms with Crippen molar-refractivity contribution in [1.29, 1.82) is 0 Å². The third kappa shape index (κ3) is 3.22. The molecule has 3 aromatic carbocycles. The van der Waals surface area contributed by atoms with E-state index in [-0.39, 0.29) is 11.7 Å².